The van der Waals surface area contributed by atoms with Crippen molar-refractivity contribution in [3.05, 3.63) is 103 Å². The van der Waals surface area contributed by atoms with Gasteiger partial charge in [-0.25, -0.2) is 4.79 Å². The molecule has 176 valence electrons. The summed E-state index contributed by atoms with van der Waals surface area (Å²) in [5.41, 5.74) is 4.21. The van der Waals surface area contributed by atoms with Gasteiger partial charge in [-0.2, -0.15) is 0 Å². The van der Waals surface area contributed by atoms with Gasteiger partial charge in [0.05, 0.1) is 11.5 Å². The zero-order chi connectivity index (χ0) is 24.7. The van der Waals surface area contributed by atoms with Crippen LogP contribution < -0.4 is 21.9 Å². The van der Waals surface area contributed by atoms with E-state index < -0.39 is 17.2 Å². The third-order valence-electron chi connectivity index (χ3n) is 6.56. The minimum atomic E-state index is -0.632. The van der Waals surface area contributed by atoms with Crippen LogP contribution in [0, 0.1) is 6.92 Å². The number of carbonyl (C=O) groups is 1. The van der Waals surface area contributed by atoms with Crippen LogP contribution in [-0.4, -0.2) is 15.0 Å². The van der Waals surface area contributed by atoms with E-state index in [1.54, 1.807) is 14.0 Å². The Hall–Kier alpha value is -3.87. The van der Waals surface area contributed by atoms with Gasteiger partial charge >= 0.3 is 5.69 Å². The van der Waals surface area contributed by atoms with Crippen molar-refractivity contribution in [3.8, 4) is 0 Å². The molecule has 0 radical (unpaired) electrons. The maximum Gasteiger partial charge on any atom is 0.332 e. The number of amides is 1. The molecular weight excluding hydrogens is 428 g/mol. The van der Waals surface area contributed by atoms with Crippen molar-refractivity contribution in [1.82, 2.24) is 9.13 Å². The van der Waals surface area contributed by atoms with Gasteiger partial charge in [-0.05, 0) is 42.5 Å². The van der Waals surface area contributed by atoms with Crippen LogP contribution in [0.15, 0.2) is 69.4 Å². The summed E-state index contributed by atoms with van der Waals surface area (Å²) in [5, 5.41) is 6.18. The number of aryl methyl sites for hydroxylation is 1. The van der Waals surface area contributed by atoms with E-state index in [1.165, 1.54) is 11.6 Å². The maximum absolute atomic E-state index is 13.7. The molecule has 7 nitrogen and oxygen atoms in total. The van der Waals surface area contributed by atoms with Crippen LogP contribution in [-0.2, 0) is 18.9 Å². The van der Waals surface area contributed by atoms with Gasteiger partial charge in [0.2, 0.25) is 0 Å². The lowest BCUT2D eigenvalue weighted by molar-refractivity contribution is -0.113. The first-order chi connectivity index (χ1) is 16.1. The van der Waals surface area contributed by atoms with Gasteiger partial charge in [-0.15, -0.1) is 0 Å². The molecule has 4 rings (SSSR count). The smallest absolute Gasteiger partial charge is 0.332 e. The predicted molar refractivity (Wildman–Crippen MR) is 135 cm³/mol. The highest BCUT2D eigenvalue weighted by Gasteiger charge is 2.36. The Morgan fingerprint density at radius 1 is 0.971 bits per heavy atom. The monoisotopic (exact) mass is 458 g/mol. The summed E-state index contributed by atoms with van der Waals surface area (Å²) in [4.78, 5) is 39.7. The molecule has 0 saturated heterocycles. The highest BCUT2D eigenvalue weighted by Crippen LogP contribution is 2.40. The zero-order valence-corrected chi connectivity index (χ0v) is 20.4. The largest absolute Gasteiger partial charge is 0.344 e. The topological polar surface area (TPSA) is 85.1 Å². The Balaban J connectivity index is 1.93. The highest BCUT2D eigenvalue weighted by molar-refractivity contribution is 6.07. The normalized spacial score (nSPS) is 15.2. The number of allylic oxidation sites excluding steroid dienone is 1. The quantitative estimate of drug-likeness (QED) is 0.619. The third-order valence-corrected chi connectivity index (χ3v) is 6.56. The number of hydrogen-bond donors (Lipinski definition) is 2. The fourth-order valence-electron chi connectivity index (χ4n) is 4.50. The molecule has 1 atom stereocenters. The predicted octanol–water partition coefficient (Wildman–Crippen LogP) is 3.99. The fourth-order valence-corrected chi connectivity index (χ4v) is 4.50. The van der Waals surface area contributed by atoms with E-state index in [9.17, 15) is 14.4 Å². The average Bonchev–Trinajstić information content (AvgIpc) is 2.82. The molecule has 34 heavy (non-hydrogen) atoms. The maximum atomic E-state index is 13.7. The average molecular weight is 459 g/mol. The van der Waals surface area contributed by atoms with Gasteiger partial charge in [0.1, 0.15) is 5.82 Å². The molecule has 3 aromatic rings. The Morgan fingerprint density at radius 3 is 2.24 bits per heavy atom. The number of benzene rings is 2. The minimum Gasteiger partial charge on any atom is -0.344 e. The number of nitrogens with zero attached hydrogens (tertiary/aromatic N) is 2. The molecule has 7 heteroatoms. The Bertz CT molecular complexity index is 1430. The zero-order valence-electron chi connectivity index (χ0n) is 20.4. The van der Waals surface area contributed by atoms with Crippen molar-refractivity contribution in [2.75, 3.05) is 10.6 Å². The minimum absolute atomic E-state index is 0.293. The molecule has 0 bridgehead atoms. The lowest BCUT2D eigenvalue weighted by Crippen LogP contribution is -2.43. The molecule has 1 aromatic heterocycles. The van der Waals surface area contributed by atoms with E-state index in [1.807, 2.05) is 55.5 Å². The van der Waals surface area contributed by atoms with Crippen molar-refractivity contribution in [3.63, 3.8) is 0 Å². The summed E-state index contributed by atoms with van der Waals surface area (Å²) in [6, 6.07) is 15.5. The van der Waals surface area contributed by atoms with E-state index >= 15 is 0 Å². The van der Waals surface area contributed by atoms with Gasteiger partial charge in [0.15, 0.2) is 0 Å². The molecule has 0 spiro atoms. The number of carbonyl (C=O) groups excluding carboxylic acids is 1. The second-order valence-electron chi connectivity index (χ2n) is 9.16. The van der Waals surface area contributed by atoms with E-state index in [2.05, 4.69) is 24.5 Å². The number of para-hydroxylation sites is 1. The lowest BCUT2D eigenvalue weighted by Gasteiger charge is -2.31. The molecule has 0 fully saturated rings. The molecule has 2 aromatic carbocycles. The second kappa shape index (κ2) is 8.82. The molecular formula is C27H30N4O3. The first-order valence-electron chi connectivity index (χ1n) is 11.4. The summed E-state index contributed by atoms with van der Waals surface area (Å²) in [7, 11) is 3.08. The molecule has 0 saturated carbocycles. The third kappa shape index (κ3) is 3.87. The van der Waals surface area contributed by atoms with Crippen molar-refractivity contribution >= 4 is 17.4 Å². The molecule has 1 aliphatic rings. The summed E-state index contributed by atoms with van der Waals surface area (Å²) in [5.74, 6) is -0.161. The SMILES string of the molecule is CC1=C(C(=O)Nc2ccccc2C)[C@H](c2ccc(C(C)C)cc2)c2c(n(C)c(=O)n(C)c2=O)N1. The number of hydrogen-bond acceptors (Lipinski definition) is 4. The van der Waals surface area contributed by atoms with Crippen LogP contribution in [0.4, 0.5) is 11.5 Å². The molecule has 2 N–H and O–H groups in total. The standard InChI is InChI=1S/C27H30N4O3/c1-15(2)18-11-13-19(14-12-18)22-21(25(32)29-20-10-8-7-9-16(20)3)17(4)28-24-23(22)26(33)31(6)27(34)30(24)5/h7-15,22,28H,1-6H3,(H,29,32)/t22-/m0/s1. The van der Waals surface area contributed by atoms with Gasteiger partial charge in [-0.1, -0.05) is 56.3 Å². The summed E-state index contributed by atoms with van der Waals surface area (Å²) < 4.78 is 2.51. The van der Waals surface area contributed by atoms with Crippen molar-refractivity contribution in [2.24, 2.45) is 14.1 Å². The van der Waals surface area contributed by atoms with E-state index in [4.69, 9.17) is 0 Å². The number of anilines is 2. The molecule has 2 heterocycles. The number of rotatable bonds is 4. The van der Waals surface area contributed by atoms with Gasteiger partial charge in [0.25, 0.3) is 11.5 Å². The van der Waals surface area contributed by atoms with Gasteiger partial charge in [-0.3, -0.25) is 18.7 Å². The Kier molecular flexibility index (Phi) is 6.04. The van der Waals surface area contributed by atoms with E-state index in [-0.39, 0.29) is 5.91 Å². The summed E-state index contributed by atoms with van der Waals surface area (Å²) >= 11 is 0. The molecule has 0 unspecified atom stereocenters. The molecule has 0 aliphatic carbocycles. The van der Waals surface area contributed by atoms with Crippen LogP contribution in [0.3, 0.4) is 0 Å². The van der Waals surface area contributed by atoms with Crippen molar-refractivity contribution in [1.29, 1.82) is 0 Å². The molecule has 1 amide bonds. The van der Waals surface area contributed by atoms with Crippen LogP contribution in [0.25, 0.3) is 0 Å². The van der Waals surface area contributed by atoms with Gasteiger partial charge in [0, 0.05) is 31.1 Å². The molecule has 1 aliphatic heterocycles. The van der Waals surface area contributed by atoms with E-state index in [0.717, 1.165) is 21.3 Å². The number of nitrogens with one attached hydrogen (secondary N) is 2. The lowest BCUT2D eigenvalue weighted by atomic mass is 9.81. The Labute approximate surface area is 198 Å². The van der Waals surface area contributed by atoms with Crippen LogP contribution in [0.5, 0.6) is 0 Å². The fraction of sp³-hybridized carbons (Fsp3) is 0.296. The Morgan fingerprint density at radius 2 is 1.62 bits per heavy atom. The second-order valence-corrected chi connectivity index (χ2v) is 9.16. The van der Waals surface area contributed by atoms with Crippen molar-refractivity contribution in [2.45, 2.75) is 39.5 Å². The highest BCUT2D eigenvalue weighted by atomic mass is 16.2. The summed E-state index contributed by atoms with van der Waals surface area (Å²) in [6.07, 6.45) is 0. The van der Waals surface area contributed by atoms with Crippen LogP contribution in [0.2, 0.25) is 0 Å². The van der Waals surface area contributed by atoms with Crippen molar-refractivity contribution < 1.29 is 4.79 Å². The number of fused-ring (bicyclic) bond motifs is 1. The van der Waals surface area contributed by atoms with E-state index in [0.29, 0.717) is 34.3 Å². The first kappa shape index (κ1) is 23.3. The first-order valence-corrected chi connectivity index (χ1v) is 11.4. The van der Waals surface area contributed by atoms with Crippen LogP contribution in [0.1, 0.15) is 54.9 Å². The number of aromatic nitrogens is 2. The van der Waals surface area contributed by atoms with Gasteiger partial charge < -0.3 is 10.6 Å². The summed E-state index contributed by atoms with van der Waals surface area (Å²) in [6.45, 7) is 7.96. The van der Waals surface area contributed by atoms with Crippen LogP contribution >= 0.6 is 0 Å².